The lowest BCUT2D eigenvalue weighted by molar-refractivity contribution is -0.138. The maximum atomic E-state index is 12.0. The van der Waals surface area contributed by atoms with Gasteiger partial charge in [0.15, 0.2) is 0 Å². The second-order valence-corrected chi connectivity index (χ2v) is 5.76. The first-order chi connectivity index (χ1) is 9.11. The van der Waals surface area contributed by atoms with E-state index < -0.39 is 0 Å². The highest BCUT2D eigenvalue weighted by Gasteiger charge is 2.37. The molecule has 2 heterocycles. The van der Waals surface area contributed by atoms with Gasteiger partial charge in [-0.05, 0) is 13.3 Å². The molecule has 0 aromatic carbocycles. The van der Waals surface area contributed by atoms with Crippen LogP contribution in [0.1, 0.15) is 30.5 Å². The number of likely N-dealkylation sites (tertiary alicyclic amines) is 1. The number of aromatic nitrogens is 1. The average molecular weight is 281 g/mol. The van der Waals surface area contributed by atoms with Crippen LogP contribution in [0.3, 0.4) is 0 Å². The third kappa shape index (κ3) is 3.39. The summed E-state index contributed by atoms with van der Waals surface area (Å²) in [6, 6.07) is -0.348. The summed E-state index contributed by atoms with van der Waals surface area (Å²) in [4.78, 5) is 29.4. The lowest BCUT2D eigenvalue weighted by Crippen LogP contribution is -2.39. The summed E-state index contributed by atoms with van der Waals surface area (Å²) in [5.41, 5.74) is 1.04. The smallest absolute Gasteiger partial charge is 0.246 e. The van der Waals surface area contributed by atoms with E-state index in [4.69, 9.17) is 0 Å². The van der Waals surface area contributed by atoms with Gasteiger partial charge in [0.25, 0.3) is 0 Å². The lowest BCUT2D eigenvalue weighted by atomic mass is 10.2. The van der Waals surface area contributed by atoms with Gasteiger partial charge in [-0.1, -0.05) is 6.92 Å². The second kappa shape index (κ2) is 6.25. The Balaban J connectivity index is 1.80. The second-order valence-electron chi connectivity index (χ2n) is 4.70. The Morgan fingerprint density at radius 1 is 1.53 bits per heavy atom. The fourth-order valence-electron chi connectivity index (χ4n) is 2.20. The van der Waals surface area contributed by atoms with Crippen LogP contribution < -0.4 is 5.32 Å². The van der Waals surface area contributed by atoms with E-state index in [1.807, 2.05) is 19.2 Å². The summed E-state index contributed by atoms with van der Waals surface area (Å²) in [5, 5.41) is 6.24. The van der Waals surface area contributed by atoms with Gasteiger partial charge in [0.2, 0.25) is 11.8 Å². The first kappa shape index (κ1) is 14.1. The van der Waals surface area contributed by atoms with Gasteiger partial charge < -0.3 is 5.32 Å². The summed E-state index contributed by atoms with van der Waals surface area (Å²) in [6.07, 6.45) is 1.88. The fourth-order valence-corrected chi connectivity index (χ4v) is 2.85. The molecule has 6 heteroatoms. The molecular weight excluding hydrogens is 262 g/mol. The van der Waals surface area contributed by atoms with Crippen LogP contribution in [0, 0.1) is 6.92 Å². The third-order valence-corrected chi connectivity index (χ3v) is 3.95. The lowest BCUT2D eigenvalue weighted by Gasteiger charge is -2.14. The summed E-state index contributed by atoms with van der Waals surface area (Å²) in [7, 11) is 0. The van der Waals surface area contributed by atoms with E-state index in [1.54, 1.807) is 11.3 Å². The van der Waals surface area contributed by atoms with Crippen LogP contribution in [0.25, 0.3) is 0 Å². The van der Waals surface area contributed by atoms with Crippen LogP contribution in [-0.2, 0) is 16.0 Å². The molecule has 0 radical (unpaired) electrons. The van der Waals surface area contributed by atoms with Gasteiger partial charge in [-0.3, -0.25) is 14.5 Å². The van der Waals surface area contributed by atoms with Crippen molar-refractivity contribution in [3.63, 3.8) is 0 Å². The van der Waals surface area contributed by atoms with Gasteiger partial charge in [0.05, 0.1) is 23.2 Å². The Kier molecular flexibility index (Phi) is 4.66. The molecule has 1 atom stereocenters. The number of amides is 2. The van der Waals surface area contributed by atoms with Crippen molar-refractivity contribution in [3.05, 3.63) is 16.1 Å². The highest BCUT2D eigenvalue weighted by molar-refractivity contribution is 7.09. The Morgan fingerprint density at radius 2 is 2.32 bits per heavy atom. The van der Waals surface area contributed by atoms with Crippen LogP contribution >= 0.6 is 11.3 Å². The highest BCUT2D eigenvalue weighted by atomic mass is 32.1. The van der Waals surface area contributed by atoms with Crippen LogP contribution in [0.4, 0.5) is 0 Å². The van der Waals surface area contributed by atoms with E-state index in [0.717, 1.165) is 23.5 Å². The van der Waals surface area contributed by atoms with Crippen molar-refractivity contribution < 1.29 is 9.59 Å². The summed E-state index contributed by atoms with van der Waals surface area (Å²) in [6.45, 7) is 5.14. The minimum atomic E-state index is -0.348. The van der Waals surface area contributed by atoms with Crippen LogP contribution in [0.15, 0.2) is 5.38 Å². The van der Waals surface area contributed by atoms with Crippen molar-refractivity contribution in [2.45, 2.75) is 39.2 Å². The number of nitrogens with one attached hydrogen (secondary N) is 1. The van der Waals surface area contributed by atoms with Crippen molar-refractivity contribution in [2.75, 3.05) is 13.1 Å². The predicted octanol–water partition coefficient (Wildman–Crippen LogP) is 1.12. The zero-order valence-electron chi connectivity index (χ0n) is 11.3. The minimum Gasteiger partial charge on any atom is -0.305 e. The molecule has 1 unspecified atom stereocenters. The Morgan fingerprint density at radius 3 is 2.95 bits per heavy atom. The number of thiazole rings is 1. The van der Waals surface area contributed by atoms with Crippen molar-refractivity contribution in [3.8, 4) is 0 Å². The van der Waals surface area contributed by atoms with Crippen molar-refractivity contribution >= 4 is 23.2 Å². The van der Waals surface area contributed by atoms with Gasteiger partial charge in [-0.15, -0.1) is 11.3 Å². The van der Waals surface area contributed by atoms with E-state index in [2.05, 4.69) is 10.3 Å². The van der Waals surface area contributed by atoms with Gasteiger partial charge in [0.1, 0.15) is 0 Å². The maximum Gasteiger partial charge on any atom is 0.246 e. The number of carbonyl (C=O) groups is 2. The molecule has 0 aliphatic carbocycles. The molecule has 1 aliphatic heterocycles. The van der Waals surface area contributed by atoms with E-state index in [9.17, 15) is 9.59 Å². The predicted molar refractivity (Wildman–Crippen MR) is 74.0 cm³/mol. The monoisotopic (exact) mass is 281 g/mol. The standard InChI is InChI=1S/C13H19N3O2S/c1-3-6-16-12(17)7-11(13(16)18)14-5-4-10-8-19-9(2)15-10/h8,11,14H,3-7H2,1-2H3. The van der Waals surface area contributed by atoms with E-state index >= 15 is 0 Å². The first-order valence-electron chi connectivity index (χ1n) is 6.60. The number of hydrogen-bond donors (Lipinski definition) is 1. The van der Waals surface area contributed by atoms with E-state index in [1.165, 1.54) is 4.90 Å². The minimum absolute atomic E-state index is 0.0612. The quantitative estimate of drug-likeness (QED) is 0.794. The normalized spacial score (nSPS) is 19.5. The third-order valence-electron chi connectivity index (χ3n) is 3.13. The highest BCUT2D eigenvalue weighted by Crippen LogP contribution is 2.14. The fraction of sp³-hybridized carbons (Fsp3) is 0.615. The average Bonchev–Trinajstić information content (AvgIpc) is 2.89. The number of rotatable bonds is 6. The summed E-state index contributed by atoms with van der Waals surface area (Å²) in [5.74, 6) is -0.143. The maximum absolute atomic E-state index is 12.0. The Hall–Kier alpha value is -1.27. The molecule has 0 bridgehead atoms. The SMILES string of the molecule is CCCN1C(=O)CC(NCCc2csc(C)n2)C1=O. The van der Waals surface area contributed by atoms with E-state index in [0.29, 0.717) is 13.1 Å². The molecule has 2 amide bonds. The molecule has 5 nitrogen and oxygen atoms in total. The molecular formula is C13H19N3O2S. The molecule has 1 fully saturated rings. The topological polar surface area (TPSA) is 62.3 Å². The molecule has 2 rings (SSSR count). The number of hydrogen-bond acceptors (Lipinski definition) is 5. The Bertz CT molecular complexity index is 472. The molecule has 1 aromatic rings. The molecule has 19 heavy (non-hydrogen) atoms. The summed E-state index contributed by atoms with van der Waals surface area (Å²) < 4.78 is 0. The van der Waals surface area contributed by atoms with Crippen molar-refractivity contribution in [1.82, 2.24) is 15.2 Å². The molecule has 1 aliphatic rings. The molecule has 0 saturated carbocycles. The van der Waals surface area contributed by atoms with Crippen molar-refractivity contribution in [1.29, 1.82) is 0 Å². The Labute approximate surface area is 117 Å². The zero-order chi connectivity index (χ0) is 13.8. The summed E-state index contributed by atoms with van der Waals surface area (Å²) >= 11 is 1.63. The molecule has 1 aromatic heterocycles. The molecule has 104 valence electrons. The van der Waals surface area contributed by atoms with Gasteiger partial charge in [-0.2, -0.15) is 0 Å². The largest absolute Gasteiger partial charge is 0.305 e. The first-order valence-corrected chi connectivity index (χ1v) is 7.48. The van der Waals surface area contributed by atoms with Crippen LogP contribution in [0.5, 0.6) is 0 Å². The van der Waals surface area contributed by atoms with E-state index in [-0.39, 0.29) is 24.3 Å². The number of carbonyl (C=O) groups excluding carboxylic acids is 2. The van der Waals surface area contributed by atoms with Gasteiger partial charge in [-0.25, -0.2) is 4.98 Å². The zero-order valence-corrected chi connectivity index (χ0v) is 12.1. The van der Waals surface area contributed by atoms with Gasteiger partial charge >= 0.3 is 0 Å². The molecule has 1 saturated heterocycles. The van der Waals surface area contributed by atoms with Crippen LogP contribution in [0.2, 0.25) is 0 Å². The number of nitrogens with zero attached hydrogens (tertiary/aromatic N) is 2. The van der Waals surface area contributed by atoms with Crippen LogP contribution in [-0.4, -0.2) is 40.8 Å². The van der Waals surface area contributed by atoms with Crippen molar-refractivity contribution in [2.24, 2.45) is 0 Å². The molecule has 1 N–H and O–H groups in total. The number of aryl methyl sites for hydroxylation is 1. The number of imide groups is 1. The molecule has 0 spiro atoms. The van der Waals surface area contributed by atoms with Gasteiger partial charge in [0, 0.05) is 24.9 Å².